The first-order chi connectivity index (χ1) is 11.0. The van der Waals surface area contributed by atoms with Crippen LogP contribution in [0.15, 0.2) is 48.5 Å². The Balaban J connectivity index is 1.73. The molecule has 0 radical (unpaired) electrons. The van der Waals surface area contributed by atoms with E-state index in [1.165, 1.54) is 12.1 Å². The molecule has 0 heterocycles. The minimum atomic E-state index is -0.385. The summed E-state index contributed by atoms with van der Waals surface area (Å²) in [6, 6.07) is 13.0. The number of carbonyl (C=O) groups is 1. The van der Waals surface area contributed by atoms with Crippen molar-refractivity contribution in [3.05, 3.63) is 59.4 Å². The Bertz CT molecular complexity index is 667. The summed E-state index contributed by atoms with van der Waals surface area (Å²) in [6.07, 6.45) is 0. The van der Waals surface area contributed by atoms with Crippen LogP contribution >= 0.6 is 11.6 Å². The Labute approximate surface area is 139 Å². The zero-order valence-electron chi connectivity index (χ0n) is 12.8. The predicted molar refractivity (Wildman–Crippen MR) is 89.5 cm³/mol. The van der Waals surface area contributed by atoms with Crippen LogP contribution in [0.25, 0.3) is 0 Å². The fourth-order valence-corrected chi connectivity index (χ4v) is 2.15. The molecule has 0 aromatic heterocycles. The quantitative estimate of drug-likeness (QED) is 0.842. The highest BCUT2D eigenvalue weighted by atomic mass is 35.5. The van der Waals surface area contributed by atoms with Crippen molar-refractivity contribution < 1.29 is 13.9 Å². The van der Waals surface area contributed by atoms with E-state index in [-0.39, 0.29) is 18.3 Å². The topological polar surface area (TPSA) is 41.6 Å². The van der Waals surface area contributed by atoms with Crippen molar-refractivity contribution in [3.8, 4) is 5.75 Å². The van der Waals surface area contributed by atoms with Crippen LogP contribution in [0.5, 0.6) is 5.75 Å². The molecule has 1 amide bonds. The van der Waals surface area contributed by atoms with Crippen LogP contribution in [-0.4, -0.2) is 37.6 Å². The average Bonchev–Trinajstić information content (AvgIpc) is 2.49. The van der Waals surface area contributed by atoms with Gasteiger partial charge in [-0.1, -0.05) is 29.8 Å². The van der Waals surface area contributed by atoms with Gasteiger partial charge in [-0.3, -0.25) is 9.69 Å². The Hall–Kier alpha value is -2.11. The third kappa shape index (κ3) is 5.88. The molecule has 4 nitrogen and oxygen atoms in total. The van der Waals surface area contributed by atoms with Crippen molar-refractivity contribution in [1.82, 2.24) is 4.90 Å². The van der Waals surface area contributed by atoms with Gasteiger partial charge >= 0.3 is 0 Å². The van der Waals surface area contributed by atoms with Crippen molar-refractivity contribution >= 4 is 23.2 Å². The minimum Gasteiger partial charge on any atom is -0.491 e. The van der Waals surface area contributed by atoms with Gasteiger partial charge in [0.15, 0.2) is 0 Å². The number of rotatable bonds is 7. The number of anilines is 1. The molecule has 0 saturated heterocycles. The van der Waals surface area contributed by atoms with Crippen molar-refractivity contribution in [3.63, 3.8) is 0 Å². The molecule has 23 heavy (non-hydrogen) atoms. The number of hydrogen-bond acceptors (Lipinski definition) is 3. The average molecular weight is 337 g/mol. The van der Waals surface area contributed by atoms with Gasteiger partial charge in [-0.2, -0.15) is 0 Å². The van der Waals surface area contributed by atoms with Crippen LogP contribution < -0.4 is 10.1 Å². The van der Waals surface area contributed by atoms with E-state index in [0.717, 1.165) is 0 Å². The number of para-hydroxylation sites is 1. The van der Waals surface area contributed by atoms with Gasteiger partial charge < -0.3 is 10.1 Å². The van der Waals surface area contributed by atoms with Gasteiger partial charge in [0.2, 0.25) is 5.91 Å². The summed E-state index contributed by atoms with van der Waals surface area (Å²) in [5.74, 6) is 0.0203. The lowest BCUT2D eigenvalue weighted by molar-refractivity contribution is -0.117. The smallest absolute Gasteiger partial charge is 0.238 e. The molecular formula is C17H18ClFN2O2. The van der Waals surface area contributed by atoms with E-state index >= 15 is 0 Å². The normalized spacial score (nSPS) is 10.6. The molecule has 2 aromatic carbocycles. The second-order valence-corrected chi connectivity index (χ2v) is 5.48. The van der Waals surface area contributed by atoms with Gasteiger partial charge in [0.1, 0.15) is 18.2 Å². The van der Waals surface area contributed by atoms with Crippen molar-refractivity contribution in [2.75, 3.05) is 32.1 Å². The number of hydrogen-bond donors (Lipinski definition) is 1. The lowest BCUT2D eigenvalue weighted by atomic mass is 10.3. The zero-order valence-corrected chi connectivity index (χ0v) is 13.5. The fraction of sp³-hybridized carbons (Fsp3) is 0.235. The lowest BCUT2D eigenvalue weighted by Gasteiger charge is -2.17. The highest BCUT2D eigenvalue weighted by Crippen LogP contribution is 2.22. The summed E-state index contributed by atoms with van der Waals surface area (Å²) in [4.78, 5) is 13.7. The standard InChI is InChI=1S/C17H18ClFN2O2/c1-21(9-10-23-16-8-3-2-7-15(16)18)12-17(22)20-14-6-4-5-13(19)11-14/h2-8,11H,9-10,12H2,1H3,(H,20,22). The van der Waals surface area contributed by atoms with Crippen LogP contribution in [0.1, 0.15) is 0 Å². The first-order valence-corrected chi connectivity index (χ1v) is 7.53. The van der Waals surface area contributed by atoms with Crippen molar-refractivity contribution in [1.29, 1.82) is 0 Å². The summed E-state index contributed by atoms with van der Waals surface area (Å²) in [5.41, 5.74) is 0.440. The molecule has 0 aliphatic carbocycles. The zero-order chi connectivity index (χ0) is 16.7. The van der Waals surface area contributed by atoms with Crippen LogP contribution in [0.3, 0.4) is 0 Å². The highest BCUT2D eigenvalue weighted by Gasteiger charge is 2.08. The molecule has 6 heteroatoms. The highest BCUT2D eigenvalue weighted by molar-refractivity contribution is 6.32. The minimum absolute atomic E-state index is 0.183. The Morgan fingerprint density at radius 3 is 2.78 bits per heavy atom. The second kappa shape index (κ2) is 8.50. The molecule has 0 atom stereocenters. The number of halogens is 2. The maximum absolute atomic E-state index is 13.1. The van der Waals surface area contributed by atoms with Crippen LogP contribution in [-0.2, 0) is 4.79 Å². The maximum atomic E-state index is 13.1. The second-order valence-electron chi connectivity index (χ2n) is 5.08. The van der Waals surface area contributed by atoms with Gasteiger partial charge in [-0.25, -0.2) is 4.39 Å². The van der Waals surface area contributed by atoms with Crippen molar-refractivity contribution in [2.24, 2.45) is 0 Å². The van der Waals surface area contributed by atoms with E-state index in [1.54, 1.807) is 31.3 Å². The summed E-state index contributed by atoms with van der Waals surface area (Å²) in [7, 11) is 1.81. The molecule has 1 N–H and O–H groups in total. The summed E-state index contributed by atoms with van der Waals surface area (Å²) in [5, 5.41) is 3.20. The molecule has 2 rings (SSSR count). The van der Waals surface area contributed by atoms with Gasteiger partial charge in [-0.05, 0) is 37.4 Å². The van der Waals surface area contributed by atoms with Crippen LogP contribution in [0.2, 0.25) is 5.02 Å². The predicted octanol–water partition coefficient (Wildman–Crippen LogP) is 3.43. The first kappa shape index (κ1) is 17.2. The van der Waals surface area contributed by atoms with E-state index in [0.29, 0.717) is 29.6 Å². The Kier molecular flexibility index (Phi) is 6.38. The monoisotopic (exact) mass is 336 g/mol. The molecule has 2 aromatic rings. The molecule has 0 unspecified atom stereocenters. The summed E-state index contributed by atoms with van der Waals surface area (Å²) < 4.78 is 18.6. The SMILES string of the molecule is CN(CCOc1ccccc1Cl)CC(=O)Nc1cccc(F)c1. The number of amides is 1. The largest absolute Gasteiger partial charge is 0.491 e. The Morgan fingerprint density at radius 2 is 2.04 bits per heavy atom. The van der Waals surface area contributed by atoms with E-state index in [1.807, 2.05) is 17.0 Å². The summed E-state index contributed by atoms with van der Waals surface area (Å²) in [6.45, 7) is 1.15. The fourth-order valence-electron chi connectivity index (χ4n) is 1.96. The maximum Gasteiger partial charge on any atom is 0.238 e. The molecule has 0 spiro atoms. The number of nitrogens with zero attached hydrogens (tertiary/aromatic N) is 1. The molecule has 0 aliphatic rings. The number of nitrogens with one attached hydrogen (secondary N) is 1. The molecule has 0 saturated carbocycles. The first-order valence-electron chi connectivity index (χ1n) is 7.16. The lowest BCUT2D eigenvalue weighted by Crippen LogP contribution is -2.33. The number of benzene rings is 2. The van der Waals surface area contributed by atoms with E-state index in [9.17, 15) is 9.18 Å². The third-order valence-electron chi connectivity index (χ3n) is 3.09. The van der Waals surface area contributed by atoms with Crippen LogP contribution in [0, 0.1) is 5.82 Å². The third-order valence-corrected chi connectivity index (χ3v) is 3.40. The summed E-state index contributed by atoms with van der Waals surface area (Å²) >= 11 is 5.99. The molecule has 122 valence electrons. The van der Waals surface area contributed by atoms with Crippen molar-refractivity contribution in [2.45, 2.75) is 0 Å². The molecule has 0 fully saturated rings. The number of likely N-dealkylation sites (N-methyl/N-ethyl adjacent to an activating group) is 1. The van der Waals surface area contributed by atoms with Gasteiger partial charge in [0, 0.05) is 12.2 Å². The van der Waals surface area contributed by atoms with E-state index in [4.69, 9.17) is 16.3 Å². The van der Waals surface area contributed by atoms with Gasteiger partial charge in [0.25, 0.3) is 0 Å². The Morgan fingerprint density at radius 1 is 1.26 bits per heavy atom. The molecule has 0 bridgehead atoms. The van der Waals surface area contributed by atoms with E-state index in [2.05, 4.69) is 5.32 Å². The van der Waals surface area contributed by atoms with Gasteiger partial charge in [-0.15, -0.1) is 0 Å². The number of ether oxygens (including phenoxy) is 1. The van der Waals surface area contributed by atoms with Gasteiger partial charge in [0.05, 0.1) is 11.6 Å². The van der Waals surface area contributed by atoms with E-state index < -0.39 is 0 Å². The molecular weight excluding hydrogens is 319 g/mol. The molecule has 0 aliphatic heterocycles. The van der Waals surface area contributed by atoms with Crippen LogP contribution in [0.4, 0.5) is 10.1 Å². The number of carbonyl (C=O) groups excluding carboxylic acids is 1.